The van der Waals surface area contributed by atoms with Gasteiger partial charge in [0.1, 0.15) is 12.0 Å². The van der Waals surface area contributed by atoms with Crippen LogP contribution in [0.4, 0.5) is 0 Å². The Morgan fingerprint density at radius 1 is 1.82 bits per heavy atom. The van der Waals surface area contributed by atoms with Crippen molar-refractivity contribution in [2.45, 2.75) is 6.92 Å². The molecule has 58 valence electrons. The Labute approximate surface area is 65.0 Å². The minimum atomic E-state index is 0.690. The van der Waals surface area contributed by atoms with E-state index in [2.05, 4.69) is 16.6 Å². The van der Waals surface area contributed by atoms with Gasteiger partial charge in [0.05, 0.1) is 6.26 Å². The Morgan fingerprint density at radius 3 is 3.18 bits per heavy atom. The van der Waals surface area contributed by atoms with Crippen molar-refractivity contribution in [2.75, 3.05) is 0 Å². The van der Waals surface area contributed by atoms with E-state index < -0.39 is 0 Å². The number of hydrogen-bond acceptors (Lipinski definition) is 3. The fourth-order valence-electron chi connectivity index (χ4n) is 0.646. The van der Waals surface area contributed by atoms with Crippen LogP contribution in [0, 0.1) is 0 Å². The fourth-order valence-corrected chi connectivity index (χ4v) is 0.646. The van der Waals surface area contributed by atoms with E-state index in [1.54, 1.807) is 19.3 Å². The van der Waals surface area contributed by atoms with Crippen LogP contribution in [0.25, 0.3) is 0 Å². The van der Waals surface area contributed by atoms with Gasteiger partial charge in [-0.2, -0.15) is 0 Å². The van der Waals surface area contributed by atoms with Crippen LogP contribution < -0.4 is 0 Å². The number of hydrogen-bond donors (Lipinski definition) is 0. The first-order chi connectivity index (χ1) is 5.34. The quantitative estimate of drug-likeness (QED) is 0.377. The summed E-state index contributed by atoms with van der Waals surface area (Å²) in [5, 5.41) is 3.69. The van der Waals surface area contributed by atoms with E-state index in [-0.39, 0.29) is 0 Å². The first kappa shape index (κ1) is 7.60. The Morgan fingerprint density at radius 2 is 2.64 bits per heavy atom. The van der Waals surface area contributed by atoms with Crippen LogP contribution in [0.1, 0.15) is 12.7 Å². The van der Waals surface area contributed by atoms with Crippen molar-refractivity contribution < 1.29 is 9.25 Å². The highest BCUT2D eigenvalue weighted by molar-refractivity contribution is 5.95. The normalized spacial score (nSPS) is 11.2. The van der Waals surface area contributed by atoms with Gasteiger partial charge < -0.3 is 9.25 Å². The molecular formula is C8H9NO2. The predicted octanol–water partition coefficient (Wildman–Crippen LogP) is 2.16. The molecule has 0 saturated heterocycles. The Balaban J connectivity index is 2.68. The molecule has 0 aliphatic rings. The molecule has 1 aromatic heterocycles. The van der Waals surface area contributed by atoms with Crippen molar-refractivity contribution in [2.24, 2.45) is 5.16 Å². The van der Waals surface area contributed by atoms with E-state index in [0.717, 1.165) is 0 Å². The maximum absolute atomic E-state index is 5.05. The fraction of sp³-hybridized carbons (Fsp3) is 0.125. The third-order valence-corrected chi connectivity index (χ3v) is 1.14. The number of furan rings is 1. The van der Waals surface area contributed by atoms with Gasteiger partial charge >= 0.3 is 0 Å². The molecule has 0 fully saturated rings. The van der Waals surface area contributed by atoms with Crippen LogP contribution in [0.15, 0.2) is 40.8 Å². The summed E-state index contributed by atoms with van der Waals surface area (Å²) in [6.07, 6.45) is 2.84. The summed E-state index contributed by atoms with van der Waals surface area (Å²) in [5.74, 6) is 0.701. The first-order valence-electron chi connectivity index (χ1n) is 3.20. The number of nitrogens with zero attached hydrogens (tertiary/aromatic N) is 1. The van der Waals surface area contributed by atoms with E-state index in [1.807, 2.05) is 6.07 Å². The first-order valence-corrected chi connectivity index (χ1v) is 3.20. The third kappa shape index (κ3) is 1.97. The van der Waals surface area contributed by atoms with Gasteiger partial charge in [0.25, 0.3) is 0 Å². The standard InChI is InChI=1S/C8H9NO2/c1-3-11-9-7(2)8-5-4-6-10-8/h3-6H,1H2,2H3/b9-7+. The smallest absolute Gasteiger partial charge is 0.151 e. The van der Waals surface area contributed by atoms with E-state index in [0.29, 0.717) is 11.5 Å². The van der Waals surface area contributed by atoms with Crippen molar-refractivity contribution in [1.29, 1.82) is 0 Å². The summed E-state index contributed by atoms with van der Waals surface area (Å²) in [4.78, 5) is 4.61. The van der Waals surface area contributed by atoms with Crippen molar-refractivity contribution in [3.8, 4) is 0 Å². The van der Waals surface area contributed by atoms with E-state index >= 15 is 0 Å². The zero-order valence-electron chi connectivity index (χ0n) is 6.28. The van der Waals surface area contributed by atoms with Gasteiger partial charge in [0, 0.05) is 0 Å². The molecule has 1 rings (SSSR count). The molecule has 0 spiro atoms. The van der Waals surface area contributed by atoms with Crippen molar-refractivity contribution >= 4 is 5.71 Å². The molecule has 0 amide bonds. The minimum Gasteiger partial charge on any atom is -0.463 e. The average molecular weight is 151 g/mol. The van der Waals surface area contributed by atoms with Gasteiger partial charge in [-0.05, 0) is 19.1 Å². The average Bonchev–Trinajstić information content (AvgIpc) is 2.52. The van der Waals surface area contributed by atoms with E-state index in [4.69, 9.17) is 4.42 Å². The van der Waals surface area contributed by atoms with Crippen molar-refractivity contribution in [1.82, 2.24) is 0 Å². The molecule has 11 heavy (non-hydrogen) atoms. The lowest BCUT2D eigenvalue weighted by Gasteiger charge is -1.92. The molecular weight excluding hydrogens is 142 g/mol. The van der Waals surface area contributed by atoms with Crippen LogP contribution in [0.3, 0.4) is 0 Å². The Hall–Kier alpha value is -1.51. The highest BCUT2D eigenvalue weighted by atomic mass is 16.6. The van der Waals surface area contributed by atoms with Gasteiger partial charge in [-0.1, -0.05) is 11.7 Å². The highest BCUT2D eigenvalue weighted by Gasteiger charge is 1.98. The SMILES string of the molecule is C=CO/N=C(\C)c1ccco1. The molecule has 0 aromatic carbocycles. The van der Waals surface area contributed by atoms with E-state index in [1.165, 1.54) is 6.26 Å². The molecule has 0 atom stereocenters. The maximum atomic E-state index is 5.05. The van der Waals surface area contributed by atoms with Crippen LogP contribution in [-0.2, 0) is 4.84 Å². The molecule has 0 radical (unpaired) electrons. The third-order valence-electron chi connectivity index (χ3n) is 1.14. The summed E-state index contributed by atoms with van der Waals surface area (Å²) in [7, 11) is 0. The van der Waals surface area contributed by atoms with Gasteiger partial charge in [0.2, 0.25) is 0 Å². The summed E-state index contributed by atoms with van der Waals surface area (Å²) in [6, 6.07) is 3.60. The van der Waals surface area contributed by atoms with Gasteiger partial charge in [0.15, 0.2) is 5.76 Å². The van der Waals surface area contributed by atoms with Crippen LogP contribution in [0.2, 0.25) is 0 Å². The zero-order valence-corrected chi connectivity index (χ0v) is 6.28. The van der Waals surface area contributed by atoms with E-state index in [9.17, 15) is 0 Å². The molecule has 0 bridgehead atoms. The topological polar surface area (TPSA) is 34.7 Å². The minimum absolute atomic E-state index is 0.690. The summed E-state index contributed by atoms with van der Waals surface area (Å²) < 4.78 is 5.05. The molecule has 1 heterocycles. The van der Waals surface area contributed by atoms with Crippen molar-refractivity contribution in [3.63, 3.8) is 0 Å². The molecule has 0 aliphatic carbocycles. The molecule has 0 unspecified atom stereocenters. The summed E-state index contributed by atoms with van der Waals surface area (Å²) in [6.45, 7) is 5.15. The molecule has 0 aliphatic heterocycles. The monoisotopic (exact) mass is 151 g/mol. The zero-order chi connectivity index (χ0) is 8.10. The predicted molar refractivity (Wildman–Crippen MR) is 42.2 cm³/mol. The maximum Gasteiger partial charge on any atom is 0.151 e. The van der Waals surface area contributed by atoms with Gasteiger partial charge in [-0.3, -0.25) is 0 Å². The van der Waals surface area contributed by atoms with Gasteiger partial charge in [-0.15, -0.1) is 0 Å². The highest BCUT2D eigenvalue weighted by Crippen LogP contribution is 2.01. The second kappa shape index (κ2) is 3.61. The molecule has 0 saturated carbocycles. The second-order valence-corrected chi connectivity index (χ2v) is 1.93. The lowest BCUT2D eigenvalue weighted by atomic mass is 10.3. The molecule has 1 aromatic rings. The second-order valence-electron chi connectivity index (χ2n) is 1.93. The Bertz CT molecular complexity index is 249. The molecule has 3 heteroatoms. The van der Waals surface area contributed by atoms with Crippen molar-refractivity contribution in [3.05, 3.63) is 37.0 Å². The van der Waals surface area contributed by atoms with Gasteiger partial charge in [-0.25, -0.2) is 0 Å². The lowest BCUT2D eigenvalue weighted by molar-refractivity contribution is 0.269. The largest absolute Gasteiger partial charge is 0.463 e. The Kier molecular flexibility index (Phi) is 2.49. The van der Waals surface area contributed by atoms with Crippen LogP contribution >= 0.6 is 0 Å². The lowest BCUT2D eigenvalue weighted by Crippen LogP contribution is -1.91. The summed E-state index contributed by atoms with van der Waals surface area (Å²) >= 11 is 0. The van der Waals surface area contributed by atoms with Crippen LogP contribution in [0.5, 0.6) is 0 Å². The number of rotatable bonds is 3. The number of oxime groups is 1. The van der Waals surface area contributed by atoms with Crippen LogP contribution in [-0.4, -0.2) is 5.71 Å². The summed E-state index contributed by atoms with van der Waals surface area (Å²) in [5.41, 5.74) is 0.690. The molecule has 0 N–H and O–H groups in total. The molecule has 3 nitrogen and oxygen atoms in total.